The van der Waals surface area contributed by atoms with Gasteiger partial charge in [-0.2, -0.15) is 5.10 Å². The first-order chi connectivity index (χ1) is 11.1. The fourth-order valence-electron chi connectivity index (χ4n) is 2.12. The van der Waals surface area contributed by atoms with E-state index >= 15 is 0 Å². The predicted molar refractivity (Wildman–Crippen MR) is 88.9 cm³/mol. The van der Waals surface area contributed by atoms with E-state index in [1.54, 1.807) is 18.5 Å². The van der Waals surface area contributed by atoms with Crippen LogP contribution in [0.4, 0.5) is 0 Å². The van der Waals surface area contributed by atoms with Gasteiger partial charge in [0.25, 0.3) is 5.56 Å². The van der Waals surface area contributed by atoms with E-state index < -0.39 is 0 Å². The molecule has 1 amide bonds. The maximum Gasteiger partial charge on any atom is 0.266 e. The summed E-state index contributed by atoms with van der Waals surface area (Å²) in [5.74, 6) is 0.0117. The van der Waals surface area contributed by atoms with Crippen molar-refractivity contribution < 1.29 is 4.79 Å². The van der Waals surface area contributed by atoms with Gasteiger partial charge in [0.1, 0.15) is 0 Å². The lowest BCUT2D eigenvalue weighted by Gasteiger charge is -2.11. The lowest BCUT2D eigenvalue weighted by atomic mass is 10.2. The molecule has 0 aromatic carbocycles. The van der Waals surface area contributed by atoms with Gasteiger partial charge < -0.3 is 5.32 Å². The number of pyridine rings is 1. The smallest absolute Gasteiger partial charge is 0.266 e. The number of carbonyl (C=O) groups is 1. The Balaban J connectivity index is 1.98. The zero-order valence-electron chi connectivity index (χ0n) is 13.5. The Morgan fingerprint density at radius 2 is 2.00 bits per heavy atom. The first kappa shape index (κ1) is 16.9. The summed E-state index contributed by atoms with van der Waals surface area (Å²) in [6, 6.07) is 7.07. The molecule has 2 aromatic rings. The molecule has 122 valence electrons. The van der Waals surface area contributed by atoms with Gasteiger partial charge in [-0.1, -0.05) is 6.92 Å². The van der Waals surface area contributed by atoms with E-state index in [4.69, 9.17) is 0 Å². The second-order valence-electron chi connectivity index (χ2n) is 5.50. The van der Waals surface area contributed by atoms with Crippen LogP contribution in [0.15, 0.2) is 41.5 Å². The number of hydrogen-bond donors (Lipinski definition) is 1. The molecule has 6 heteroatoms. The molecular formula is C17H22N4O2. The van der Waals surface area contributed by atoms with Crippen molar-refractivity contribution >= 4 is 5.91 Å². The van der Waals surface area contributed by atoms with Gasteiger partial charge in [0.15, 0.2) is 0 Å². The molecule has 2 aromatic heterocycles. The number of nitrogens with zero attached hydrogens (tertiary/aromatic N) is 3. The highest BCUT2D eigenvalue weighted by Crippen LogP contribution is 2.13. The van der Waals surface area contributed by atoms with Crippen LogP contribution in [0.2, 0.25) is 0 Å². The first-order valence-corrected chi connectivity index (χ1v) is 7.88. The summed E-state index contributed by atoms with van der Waals surface area (Å²) in [7, 11) is 0. The molecule has 0 fully saturated rings. The van der Waals surface area contributed by atoms with Crippen molar-refractivity contribution in [3.63, 3.8) is 0 Å². The van der Waals surface area contributed by atoms with Gasteiger partial charge in [0.2, 0.25) is 5.91 Å². The molecule has 1 atom stereocenters. The van der Waals surface area contributed by atoms with E-state index in [0.29, 0.717) is 19.4 Å². The van der Waals surface area contributed by atoms with Crippen molar-refractivity contribution in [1.82, 2.24) is 20.1 Å². The third-order valence-corrected chi connectivity index (χ3v) is 3.64. The Hall–Kier alpha value is -2.50. The minimum atomic E-state index is -0.162. The molecule has 23 heavy (non-hydrogen) atoms. The third-order valence-electron chi connectivity index (χ3n) is 3.64. The van der Waals surface area contributed by atoms with E-state index in [2.05, 4.69) is 15.4 Å². The number of aromatic nitrogens is 3. The van der Waals surface area contributed by atoms with Gasteiger partial charge in [0, 0.05) is 43.0 Å². The van der Waals surface area contributed by atoms with Gasteiger partial charge in [-0.15, -0.1) is 0 Å². The summed E-state index contributed by atoms with van der Waals surface area (Å²) >= 11 is 0. The normalized spacial score (nSPS) is 11.9. The average molecular weight is 314 g/mol. The van der Waals surface area contributed by atoms with Crippen molar-refractivity contribution in [2.45, 2.75) is 45.7 Å². The molecule has 1 unspecified atom stereocenters. The van der Waals surface area contributed by atoms with Gasteiger partial charge in [0.05, 0.1) is 5.69 Å². The SMILES string of the molecule is CCC(C)NC(=O)CCCn1nc(-c2ccncc2)ccc1=O. The molecule has 2 heterocycles. The Bertz CT molecular complexity index is 697. The zero-order valence-corrected chi connectivity index (χ0v) is 13.5. The van der Waals surface area contributed by atoms with Crippen LogP contribution in [-0.4, -0.2) is 26.7 Å². The molecule has 0 saturated carbocycles. The largest absolute Gasteiger partial charge is 0.354 e. The molecule has 0 aliphatic heterocycles. The topological polar surface area (TPSA) is 76.9 Å². The molecule has 0 aliphatic rings. The van der Waals surface area contributed by atoms with Crippen molar-refractivity contribution in [2.75, 3.05) is 0 Å². The Morgan fingerprint density at radius 3 is 2.70 bits per heavy atom. The molecule has 0 spiro atoms. The minimum Gasteiger partial charge on any atom is -0.354 e. The number of rotatable bonds is 7. The molecule has 0 radical (unpaired) electrons. The summed E-state index contributed by atoms with van der Waals surface area (Å²) in [5, 5.41) is 7.28. The van der Waals surface area contributed by atoms with Crippen LogP contribution in [0.1, 0.15) is 33.1 Å². The van der Waals surface area contributed by atoms with Crippen LogP contribution in [0.3, 0.4) is 0 Å². The zero-order chi connectivity index (χ0) is 16.7. The number of aryl methyl sites for hydroxylation is 1. The summed E-state index contributed by atoms with van der Waals surface area (Å²) in [4.78, 5) is 27.6. The Kier molecular flexibility index (Phi) is 6.02. The summed E-state index contributed by atoms with van der Waals surface area (Å²) in [5.41, 5.74) is 1.46. The fraction of sp³-hybridized carbons (Fsp3) is 0.412. The molecular weight excluding hydrogens is 292 g/mol. The summed E-state index contributed by atoms with van der Waals surface area (Å²) < 4.78 is 1.41. The standard InChI is InChI=1S/C17H22N4O2/c1-3-13(2)19-16(22)5-4-12-21-17(23)7-6-15(20-21)14-8-10-18-11-9-14/h6-11,13H,3-5,12H2,1-2H3,(H,19,22). The van der Waals surface area contributed by atoms with E-state index in [0.717, 1.165) is 17.7 Å². The van der Waals surface area contributed by atoms with Crippen LogP contribution >= 0.6 is 0 Å². The van der Waals surface area contributed by atoms with Crippen LogP contribution in [0.5, 0.6) is 0 Å². The Morgan fingerprint density at radius 1 is 1.26 bits per heavy atom. The highest BCUT2D eigenvalue weighted by Gasteiger charge is 2.07. The van der Waals surface area contributed by atoms with Gasteiger partial charge in [-0.05, 0) is 38.0 Å². The summed E-state index contributed by atoms with van der Waals surface area (Å²) in [6.45, 7) is 4.42. The van der Waals surface area contributed by atoms with Crippen molar-refractivity contribution in [3.05, 3.63) is 47.0 Å². The molecule has 0 bridgehead atoms. The average Bonchev–Trinajstić information content (AvgIpc) is 2.57. The second-order valence-corrected chi connectivity index (χ2v) is 5.50. The van der Waals surface area contributed by atoms with E-state index in [9.17, 15) is 9.59 Å². The number of amides is 1. The lowest BCUT2D eigenvalue weighted by Crippen LogP contribution is -2.32. The van der Waals surface area contributed by atoms with Crippen LogP contribution < -0.4 is 10.9 Å². The highest BCUT2D eigenvalue weighted by atomic mass is 16.1. The van der Waals surface area contributed by atoms with Crippen molar-refractivity contribution in [2.24, 2.45) is 0 Å². The maximum atomic E-state index is 11.9. The molecule has 2 rings (SSSR count). The predicted octanol–water partition coefficient (Wildman–Crippen LogP) is 2.00. The second kappa shape index (κ2) is 8.22. The molecule has 0 saturated heterocycles. The lowest BCUT2D eigenvalue weighted by molar-refractivity contribution is -0.121. The van der Waals surface area contributed by atoms with Crippen LogP contribution in [0.25, 0.3) is 11.3 Å². The van der Waals surface area contributed by atoms with E-state index in [1.807, 2.05) is 26.0 Å². The minimum absolute atomic E-state index is 0.0117. The molecule has 0 aliphatic carbocycles. The quantitative estimate of drug-likeness (QED) is 0.848. The van der Waals surface area contributed by atoms with Gasteiger partial charge >= 0.3 is 0 Å². The Labute approximate surface area is 135 Å². The first-order valence-electron chi connectivity index (χ1n) is 7.88. The van der Waals surface area contributed by atoms with Crippen LogP contribution in [0, 0.1) is 0 Å². The van der Waals surface area contributed by atoms with E-state index in [1.165, 1.54) is 10.7 Å². The highest BCUT2D eigenvalue weighted by molar-refractivity contribution is 5.76. The molecule has 6 nitrogen and oxygen atoms in total. The third kappa shape index (κ3) is 5.02. The summed E-state index contributed by atoms with van der Waals surface area (Å²) in [6.07, 6.45) is 5.24. The van der Waals surface area contributed by atoms with E-state index in [-0.39, 0.29) is 17.5 Å². The van der Waals surface area contributed by atoms with Crippen molar-refractivity contribution in [3.8, 4) is 11.3 Å². The fourth-order valence-corrected chi connectivity index (χ4v) is 2.12. The molecule has 1 N–H and O–H groups in total. The number of hydrogen-bond acceptors (Lipinski definition) is 4. The maximum absolute atomic E-state index is 11.9. The number of nitrogens with one attached hydrogen (secondary N) is 1. The van der Waals surface area contributed by atoms with Gasteiger partial charge in [-0.25, -0.2) is 4.68 Å². The monoisotopic (exact) mass is 314 g/mol. The van der Waals surface area contributed by atoms with Crippen molar-refractivity contribution in [1.29, 1.82) is 0 Å². The van der Waals surface area contributed by atoms with Crippen LogP contribution in [-0.2, 0) is 11.3 Å². The number of carbonyl (C=O) groups excluding carboxylic acids is 1. The van der Waals surface area contributed by atoms with Gasteiger partial charge in [-0.3, -0.25) is 14.6 Å².